The van der Waals surface area contributed by atoms with Crippen LogP contribution in [0.15, 0.2) is 48.5 Å². The van der Waals surface area contributed by atoms with E-state index in [1.165, 1.54) is 0 Å². The van der Waals surface area contributed by atoms with E-state index in [1.807, 2.05) is 31.2 Å². The number of nitrogens with one attached hydrogen (secondary N) is 1. The van der Waals surface area contributed by atoms with Gasteiger partial charge in [0, 0.05) is 18.7 Å². The molecule has 0 fully saturated rings. The number of carbonyl (C=O) groups is 2. The Balaban J connectivity index is 1.85. The number of benzene rings is 2. The number of carbonyl (C=O) groups excluding carboxylic acids is 1. The topological polar surface area (TPSA) is 75.6 Å². The number of rotatable bonds is 8. The highest BCUT2D eigenvalue weighted by atomic mass is 16.5. The van der Waals surface area contributed by atoms with Gasteiger partial charge in [-0.3, -0.25) is 4.79 Å². The molecule has 0 bridgehead atoms. The first-order valence-corrected chi connectivity index (χ1v) is 7.87. The molecule has 0 aromatic heterocycles. The number of hydrogen-bond acceptors (Lipinski definition) is 3. The second-order valence-corrected chi connectivity index (χ2v) is 5.39. The molecule has 0 saturated carbocycles. The van der Waals surface area contributed by atoms with Gasteiger partial charge < -0.3 is 15.2 Å². The fourth-order valence-electron chi connectivity index (χ4n) is 2.25. The number of aryl methyl sites for hydroxylation is 1. The first kappa shape index (κ1) is 17.7. The van der Waals surface area contributed by atoms with Crippen LogP contribution in [0.1, 0.15) is 34.8 Å². The van der Waals surface area contributed by atoms with Gasteiger partial charge in [0.1, 0.15) is 0 Å². The van der Waals surface area contributed by atoms with E-state index in [9.17, 15) is 9.59 Å². The third-order valence-corrected chi connectivity index (χ3v) is 3.53. The third-order valence-electron chi connectivity index (χ3n) is 3.53. The van der Waals surface area contributed by atoms with Crippen LogP contribution >= 0.6 is 0 Å². The number of anilines is 1. The van der Waals surface area contributed by atoms with E-state index in [2.05, 4.69) is 5.32 Å². The van der Waals surface area contributed by atoms with Crippen molar-refractivity contribution in [3.05, 3.63) is 65.2 Å². The van der Waals surface area contributed by atoms with E-state index in [-0.39, 0.29) is 11.5 Å². The molecule has 126 valence electrons. The molecule has 0 aliphatic carbocycles. The van der Waals surface area contributed by atoms with E-state index < -0.39 is 5.97 Å². The number of ether oxygens (including phenoxy) is 1. The van der Waals surface area contributed by atoms with Crippen LogP contribution in [-0.2, 0) is 22.6 Å². The van der Waals surface area contributed by atoms with Crippen LogP contribution in [0, 0.1) is 0 Å². The molecule has 1 amide bonds. The second kappa shape index (κ2) is 8.84. The van der Waals surface area contributed by atoms with Crippen molar-refractivity contribution < 1.29 is 19.4 Å². The molecule has 2 rings (SSSR count). The highest BCUT2D eigenvalue weighted by Crippen LogP contribution is 2.13. The van der Waals surface area contributed by atoms with Crippen LogP contribution < -0.4 is 5.32 Å². The van der Waals surface area contributed by atoms with Gasteiger partial charge in [-0.1, -0.05) is 24.3 Å². The molecule has 2 N–H and O–H groups in total. The van der Waals surface area contributed by atoms with E-state index in [0.29, 0.717) is 26.1 Å². The van der Waals surface area contributed by atoms with Crippen molar-refractivity contribution in [1.29, 1.82) is 0 Å². The summed E-state index contributed by atoms with van der Waals surface area (Å²) in [4.78, 5) is 22.9. The van der Waals surface area contributed by atoms with Gasteiger partial charge >= 0.3 is 5.97 Å². The summed E-state index contributed by atoms with van der Waals surface area (Å²) in [5.74, 6) is -1.03. The minimum Gasteiger partial charge on any atom is -0.478 e. The lowest BCUT2D eigenvalue weighted by Gasteiger charge is -2.08. The number of carboxylic acids is 1. The average Bonchev–Trinajstić information content (AvgIpc) is 2.59. The Morgan fingerprint density at radius 3 is 2.50 bits per heavy atom. The molecule has 0 aliphatic heterocycles. The third kappa shape index (κ3) is 5.52. The predicted octanol–water partition coefficient (Wildman–Crippen LogP) is 3.49. The van der Waals surface area contributed by atoms with Crippen molar-refractivity contribution in [2.75, 3.05) is 11.9 Å². The van der Waals surface area contributed by atoms with E-state index in [0.717, 1.165) is 16.8 Å². The molecular formula is C19H21NO4. The van der Waals surface area contributed by atoms with Gasteiger partial charge in [-0.2, -0.15) is 0 Å². The smallest absolute Gasteiger partial charge is 0.335 e. The summed E-state index contributed by atoms with van der Waals surface area (Å²) in [6.45, 7) is 3.11. The summed E-state index contributed by atoms with van der Waals surface area (Å²) in [6, 6.07) is 14.1. The van der Waals surface area contributed by atoms with Gasteiger partial charge in [-0.15, -0.1) is 0 Å². The molecule has 24 heavy (non-hydrogen) atoms. The number of aromatic carboxylic acids is 1. The highest BCUT2D eigenvalue weighted by Gasteiger charge is 2.06. The lowest BCUT2D eigenvalue weighted by Crippen LogP contribution is -2.12. The van der Waals surface area contributed by atoms with Crippen LogP contribution in [-0.4, -0.2) is 23.6 Å². The number of amides is 1. The van der Waals surface area contributed by atoms with Gasteiger partial charge in [-0.25, -0.2) is 4.79 Å². The Labute approximate surface area is 141 Å². The second-order valence-electron chi connectivity index (χ2n) is 5.39. The average molecular weight is 327 g/mol. The van der Waals surface area contributed by atoms with Gasteiger partial charge in [0.15, 0.2) is 0 Å². The molecule has 5 heteroatoms. The van der Waals surface area contributed by atoms with Crippen LogP contribution in [0.5, 0.6) is 0 Å². The van der Waals surface area contributed by atoms with E-state index >= 15 is 0 Å². The van der Waals surface area contributed by atoms with Crippen molar-refractivity contribution >= 4 is 17.6 Å². The maximum absolute atomic E-state index is 12.0. The van der Waals surface area contributed by atoms with Gasteiger partial charge in [0.05, 0.1) is 12.2 Å². The highest BCUT2D eigenvalue weighted by molar-refractivity contribution is 5.91. The van der Waals surface area contributed by atoms with E-state index in [1.54, 1.807) is 24.3 Å². The summed E-state index contributed by atoms with van der Waals surface area (Å²) in [7, 11) is 0. The Morgan fingerprint density at radius 1 is 1.08 bits per heavy atom. The molecule has 0 saturated heterocycles. The van der Waals surface area contributed by atoms with Gasteiger partial charge in [0.25, 0.3) is 0 Å². The first-order valence-electron chi connectivity index (χ1n) is 7.87. The molecule has 5 nitrogen and oxygen atoms in total. The maximum atomic E-state index is 12.0. The van der Waals surface area contributed by atoms with Crippen LogP contribution in [0.2, 0.25) is 0 Å². The summed E-state index contributed by atoms with van der Waals surface area (Å²) in [6.07, 6.45) is 0.895. The summed E-state index contributed by atoms with van der Waals surface area (Å²) < 4.78 is 5.36. The van der Waals surface area contributed by atoms with Crippen LogP contribution in [0.4, 0.5) is 5.69 Å². The fourth-order valence-corrected chi connectivity index (χ4v) is 2.25. The number of carboxylic acid groups (broad SMARTS) is 1. The molecule has 0 spiro atoms. The molecule has 0 heterocycles. The Bertz CT molecular complexity index is 695. The molecule has 0 atom stereocenters. The van der Waals surface area contributed by atoms with E-state index in [4.69, 9.17) is 9.84 Å². The van der Waals surface area contributed by atoms with Gasteiger partial charge in [0.2, 0.25) is 5.91 Å². The van der Waals surface area contributed by atoms with Crippen molar-refractivity contribution in [3.63, 3.8) is 0 Å². The molecular weight excluding hydrogens is 306 g/mol. The summed E-state index contributed by atoms with van der Waals surface area (Å²) in [5, 5.41) is 11.7. The maximum Gasteiger partial charge on any atom is 0.335 e. The Hall–Kier alpha value is -2.66. The fraction of sp³-hybridized carbons (Fsp3) is 0.263. The van der Waals surface area contributed by atoms with Gasteiger partial charge in [-0.05, 0) is 48.7 Å². The number of hydrogen-bond donors (Lipinski definition) is 2. The largest absolute Gasteiger partial charge is 0.478 e. The normalized spacial score (nSPS) is 10.4. The molecule has 0 radical (unpaired) electrons. The van der Waals surface area contributed by atoms with Crippen LogP contribution in [0.3, 0.4) is 0 Å². The minimum atomic E-state index is -0.953. The molecule has 0 aliphatic rings. The minimum absolute atomic E-state index is 0.0779. The van der Waals surface area contributed by atoms with Crippen molar-refractivity contribution in [1.82, 2.24) is 0 Å². The quantitative estimate of drug-likeness (QED) is 0.778. The SMILES string of the molecule is CCOCc1cccc(NC(=O)CCc2ccc(C(=O)O)cc2)c1. The molecule has 2 aromatic rings. The summed E-state index contributed by atoms with van der Waals surface area (Å²) >= 11 is 0. The Morgan fingerprint density at radius 2 is 1.83 bits per heavy atom. The molecule has 2 aromatic carbocycles. The molecule has 0 unspecified atom stereocenters. The van der Waals surface area contributed by atoms with Crippen molar-refractivity contribution in [2.24, 2.45) is 0 Å². The lowest BCUT2D eigenvalue weighted by atomic mass is 10.1. The zero-order valence-electron chi connectivity index (χ0n) is 13.6. The van der Waals surface area contributed by atoms with Crippen LogP contribution in [0.25, 0.3) is 0 Å². The summed E-state index contributed by atoms with van der Waals surface area (Å²) in [5.41, 5.74) is 2.94. The zero-order chi connectivity index (χ0) is 17.4. The Kier molecular flexibility index (Phi) is 6.51. The predicted molar refractivity (Wildman–Crippen MR) is 92.1 cm³/mol. The lowest BCUT2D eigenvalue weighted by molar-refractivity contribution is -0.116. The van der Waals surface area contributed by atoms with Crippen molar-refractivity contribution in [2.45, 2.75) is 26.4 Å². The first-order chi connectivity index (χ1) is 11.6. The van der Waals surface area contributed by atoms with Crippen molar-refractivity contribution in [3.8, 4) is 0 Å². The monoisotopic (exact) mass is 327 g/mol. The standard InChI is InChI=1S/C19H21NO4/c1-2-24-13-15-4-3-5-17(12-15)20-18(21)11-8-14-6-9-16(10-7-14)19(22)23/h3-7,9-10,12H,2,8,11,13H2,1H3,(H,20,21)(H,22,23). The zero-order valence-corrected chi connectivity index (χ0v) is 13.6.